The van der Waals surface area contributed by atoms with Crippen molar-refractivity contribution in [2.45, 2.75) is 13.5 Å². The predicted octanol–water partition coefficient (Wildman–Crippen LogP) is 3.66. The average molecular weight is 290 g/mol. The Morgan fingerprint density at radius 3 is 2.67 bits per heavy atom. The minimum Gasteiger partial charge on any atom is -0.490 e. The van der Waals surface area contributed by atoms with Crippen molar-refractivity contribution in [2.24, 2.45) is 0 Å². The minimum absolute atomic E-state index is 0.0905. The van der Waals surface area contributed by atoms with Crippen LogP contribution < -0.4 is 10.1 Å². The summed E-state index contributed by atoms with van der Waals surface area (Å²) >= 11 is 0. The van der Waals surface area contributed by atoms with Crippen molar-refractivity contribution in [3.8, 4) is 5.75 Å². The Morgan fingerprint density at radius 2 is 2.05 bits per heavy atom. The molecule has 2 aromatic rings. The summed E-state index contributed by atoms with van der Waals surface area (Å²) in [4.78, 5) is 10.5. The van der Waals surface area contributed by atoms with Crippen molar-refractivity contribution < 1.29 is 14.1 Å². The fourth-order valence-corrected chi connectivity index (χ4v) is 2.03. The Bertz CT molecular complexity index is 654. The van der Waals surface area contributed by atoms with Crippen molar-refractivity contribution in [3.63, 3.8) is 0 Å². The largest absolute Gasteiger partial charge is 0.490 e. The van der Waals surface area contributed by atoms with Gasteiger partial charge in [-0.15, -0.1) is 0 Å². The summed E-state index contributed by atoms with van der Waals surface area (Å²) in [5.74, 6) is -0.108. The van der Waals surface area contributed by atoms with E-state index in [0.29, 0.717) is 17.8 Å². The Hall–Kier alpha value is -2.63. The van der Waals surface area contributed by atoms with Gasteiger partial charge in [-0.1, -0.05) is 6.07 Å². The third-order valence-electron chi connectivity index (χ3n) is 2.98. The summed E-state index contributed by atoms with van der Waals surface area (Å²) < 4.78 is 18.2. The van der Waals surface area contributed by atoms with E-state index >= 15 is 0 Å². The van der Waals surface area contributed by atoms with E-state index in [0.717, 1.165) is 5.56 Å². The number of halogens is 1. The van der Waals surface area contributed by atoms with Gasteiger partial charge in [0.05, 0.1) is 12.0 Å². The van der Waals surface area contributed by atoms with Crippen molar-refractivity contribution in [2.75, 3.05) is 12.4 Å². The zero-order chi connectivity index (χ0) is 15.4. The summed E-state index contributed by atoms with van der Waals surface area (Å²) in [7, 11) is 1.38. The van der Waals surface area contributed by atoms with Gasteiger partial charge >= 0.3 is 5.69 Å². The molecule has 21 heavy (non-hydrogen) atoms. The number of nitrogens with zero attached hydrogens (tertiary/aromatic N) is 1. The van der Waals surface area contributed by atoms with E-state index in [1.807, 2.05) is 0 Å². The molecule has 0 heterocycles. The molecule has 0 atom stereocenters. The molecule has 0 unspecified atom stereocenters. The quantitative estimate of drug-likeness (QED) is 0.674. The van der Waals surface area contributed by atoms with Crippen LogP contribution in [0, 0.1) is 22.9 Å². The van der Waals surface area contributed by atoms with Crippen molar-refractivity contribution >= 4 is 11.4 Å². The molecular formula is C15H15FN2O3. The van der Waals surface area contributed by atoms with Gasteiger partial charge in [0.2, 0.25) is 0 Å². The average Bonchev–Trinajstić information content (AvgIpc) is 2.43. The number of nitrogens with one attached hydrogen (secondary N) is 1. The molecule has 2 rings (SSSR count). The first-order valence-corrected chi connectivity index (χ1v) is 6.32. The van der Waals surface area contributed by atoms with Gasteiger partial charge in [0.1, 0.15) is 5.82 Å². The summed E-state index contributed by atoms with van der Waals surface area (Å²) in [5.41, 5.74) is 2.06. The highest BCUT2D eigenvalue weighted by molar-refractivity contribution is 5.51. The van der Waals surface area contributed by atoms with E-state index in [-0.39, 0.29) is 17.3 Å². The summed E-state index contributed by atoms with van der Waals surface area (Å²) in [5, 5.41) is 14.0. The summed E-state index contributed by atoms with van der Waals surface area (Å²) in [6.45, 7) is 2.15. The molecule has 0 spiro atoms. The molecule has 1 N–H and O–H groups in total. The number of hydrogen-bond donors (Lipinski definition) is 1. The van der Waals surface area contributed by atoms with Gasteiger partial charge < -0.3 is 10.1 Å². The van der Waals surface area contributed by atoms with Crippen molar-refractivity contribution in [3.05, 3.63) is 63.5 Å². The van der Waals surface area contributed by atoms with E-state index in [4.69, 9.17) is 4.74 Å². The fourth-order valence-electron chi connectivity index (χ4n) is 2.03. The van der Waals surface area contributed by atoms with Crippen molar-refractivity contribution in [1.82, 2.24) is 0 Å². The maximum absolute atomic E-state index is 13.3. The Labute approximate surface area is 121 Å². The molecule has 0 bridgehead atoms. The smallest absolute Gasteiger partial charge is 0.311 e. The lowest BCUT2D eigenvalue weighted by atomic mass is 10.1. The monoisotopic (exact) mass is 290 g/mol. The van der Waals surface area contributed by atoms with Gasteiger partial charge in [-0.25, -0.2) is 4.39 Å². The number of nitro benzene ring substituents is 1. The Balaban J connectivity index is 2.16. The molecule has 0 aliphatic heterocycles. The summed E-state index contributed by atoms with van der Waals surface area (Å²) in [6, 6.07) is 9.34. The second-order valence-corrected chi connectivity index (χ2v) is 4.63. The molecule has 0 aromatic heterocycles. The van der Waals surface area contributed by atoms with Crippen molar-refractivity contribution in [1.29, 1.82) is 0 Å². The molecule has 0 aliphatic carbocycles. The molecule has 0 amide bonds. The summed E-state index contributed by atoms with van der Waals surface area (Å²) in [6.07, 6.45) is 0. The first kappa shape index (κ1) is 14.8. The van der Waals surface area contributed by atoms with Crippen LogP contribution in [0.4, 0.5) is 15.8 Å². The van der Waals surface area contributed by atoms with E-state index in [2.05, 4.69) is 5.32 Å². The highest BCUT2D eigenvalue weighted by Crippen LogP contribution is 2.27. The molecule has 2 aromatic carbocycles. The molecule has 0 fully saturated rings. The third kappa shape index (κ3) is 3.68. The van der Waals surface area contributed by atoms with Crippen LogP contribution in [0.3, 0.4) is 0 Å². The molecule has 5 nitrogen and oxygen atoms in total. The minimum atomic E-state index is -0.491. The first-order valence-electron chi connectivity index (χ1n) is 6.32. The lowest BCUT2D eigenvalue weighted by molar-refractivity contribution is -0.385. The molecular weight excluding hydrogens is 275 g/mol. The Kier molecular flexibility index (Phi) is 4.37. The molecule has 0 saturated carbocycles. The van der Waals surface area contributed by atoms with Crippen LogP contribution in [-0.2, 0) is 6.54 Å². The molecule has 6 heteroatoms. The van der Waals surface area contributed by atoms with Gasteiger partial charge in [-0.05, 0) is 42.3 Å². The molecule has 0 aliphatic rings. The highest BCUT2D eigenvalue weighted by Gasteiger charge is 2.14. The van der Waals surface area contributed by atoms with E-state index in [1.54, 1.807) is 25.1 Å². The molecule has 110 valence electrons. The molecule has 0 saturated heterocycles. The van der Waals surface area contributed by atoms with Gasteiger partial charge in [-0.2, -0.15) is 0 Å². The number of methoxy groups -OCH3 is 1. The van der Waals surface area contributed by atoms with E-state index in [1.165, 1.54) is 25.3 Å². The Morgan fingerprint density at radius 1 is 1.29 bits per heavy atom. The van der Waals surface area contributed by atoms with Crippen LogP contribution in [0.15, 0.2) is 36.4 Å². The number of anilines is 1. The van der Waals surface area contributed by atoms with Gasteiger partial charge in [-0.3, -0.25) is 10.1 Å². The SMILES string of the molecule is COc1ccc(CNc2cc(C)cc(F)c2)cc1[N+](=O)[O-]. The topological polar surface area (TPSA) is 64.4 Å². The zero-order valence-corrected chi connectivity index (χ0v) is 11.7. The second kappa shape index (κ2) is 6.21. The number of nitro groups is 1. The first-order chi connectivity index (χ1) is 9.99. The standard InChI is InChI=1S/C15H15FN2O3/c1-10-5-12(16)8-13(6-10)17-9-11-3-4-15(21-2)14(7-11)18(19)20/h3-8,17H,9H2,1-2H3. The number of rotatable bonds is 5. The van der Waals surface area contributed by atoms with E-state index < -0.39 is 4.92 Å². The van der Waals surface area contributed by atoms with Crippen LogP contribution >= 0.6 is 0 Å². The highest BCUT2D eigenvalue weighted by atomic mass is 19.1. The second-order valence-electron chi connectivity index (χ2n) is 4.63. The molecule has 0 radical (unpaired) electrons. The van der Waals surface area contributed by atoms with Crippen LogP contribution in [-0.4, -0.2) is 12.0 Å². The lowest BCUT2D eigenvalue weighted by Crippen LogP contribution is -2.02. The normalized spacial score (nSPS) is 10.2. The third-order valence-corrected chi connectivity index (χ3v) is 2.98. The van der Waals surface area contributed by atoms with Crippen LogP contribution in [0.1, 0.15) is 11.1 Å². The van der Waals surface area contributed by atoms with Crippen LogP contribution in [0.5, 0.6) is 5.75 Å². The van der Waals surface area contributed by atoms with E-state index in [9.17, 15) is 14.5 Å². The number of benzene rings is 2. The number of aryl methyl sites for hydroxylation is 1. The maximum Gasteiger partial charge on any atom is 0.311 e. The number of hydrogen-bond acceptors (Lipinski definition) is 4. The predicted molar refractivity (Wildman–Crippen MR) is 78.1 cm³/mol. The lowest BCUT2D eigenvalue weighted by Gasteiger charge is -2.09. The maximum atomic E-state index is 13.3. The van der Waals surface area contributed by atoms with Crippen LogP contribution in [0.2, 0.25) is 0 Å². The van der Waals surface area contributed by atoms with Crippen LogP contribution in [0.25, 0.3) is 0 Å². The number of ether oxygens (including phenoxy) is 1. The van der Waals surface area contributed by atoms with Gasteiger partial charge in [0.15, 0.2) is 5.75 Å². The fraction of sp³-hybridized carbons (Fsp3) is 0.200. The zero-order valence-electron chi connectivity index (χ0n) is 11.7. The van der Waals surface area contributed by atoms with Gasteiger partial charge in [0, 0.05) is 18.3 Å². The van der Waals surface area contributed by atoms with Gasteiger partial charge in [0.25, 0.3) is 0 Å².